The molecule has 2 N–H and O–H groups in total. The van der Waals surface area contributed by atoms with E-state index in [0.29, 0.717) is 56.2 Å². The summed E-state index contributed by atoms with van der Waals surface area (Å²) in [6.07, 6.45) is 4.70. The topological polar surface area (TPSA) is 99.2 Å². The van der Waals surface area contributed by atoms with Gasteiger partial charge < -0.3 is 15.2 Å². The summed E-state index contributed by atoms with van der Waals surface area (Å²) in [7, 11) is 0. The Morgan fingerprint density at radius 1 is 1.02 bits per heavy atom. The van der Waals surface area contributed by atoms with Gasteiger partial charge in [-0.15, -0.1) is 11.3 Å². The summed E-state index contributed by atoms with van der Waals surface area (Å²) in [5, 5.41) is 14.6. The standard InChI is InChI=1S/C34H37ClFN3O5S/c35-30-27(37-32(41)26-19-45-28-6-2-1-5-25(26)28)12-9-21(31(30)36)16-29(40)34(38-13-3-4-14-38,39-17-22-15-23(22)18-39)44-24-10-7-20(8-11-24)33(42)43/h1-2,5-6,9,12,19-20,22-24H,3-4,7-8,10-11,13-18H2,(H,37,41)(H,42,43)/t20?,22-,23-,24?,34?/m0/s1. The molecule has 4 fully saturated rings. The van der Waals surface area contributed by atoms with Crippen LogP contribution in [0.4, 0.5) is 10.1 Å². The van der Waals surface area contributed by atoms with E-state index in [4.69, 9.17) is 16.3 Å². The average molecular weight is 654 g/mol. The second-order valence-electron chi connectivity index (χ2n) is 13.0. The molecule has 8 nitrogen and oxygen atoms in total. The van der Waals surface area contributed by atoms with Gasteiger partial charge in [0.25, 0.3) is 5.91 Å². The Labute approximate surface area is 270 Å². The van der Waals surface area contributed by atoms with E-state index in [1.54, 1.807) is 11.4 Å². The fourth-order valence-corrected chi connectivity index (χ4v) is 8.72. The number of carboxylic acid groups (broad SMARTS) is 1. The highest BCUT2D eigenvalue weighted by Crippen LogP contribution is 2.49. The molecule has 3 aromatic rings. The van der Waals surface area contributed by atoms with Crippen molar-refractivity contribution in [2.75, 3.05) is 31.5 Å². The maximum Gasteiger partial charge on any atom is 0.306 e. The first-order valence-electron chi connectivity index (χ1n) is 15.9. The Morgan fingerprint density at radius 2 is 1.73 bits per heavy atom. The zero-order valence-electron chi connectivity index (χ0n) is 25.0. The third-order valence-electron chi connectivity index (χ3n) is 10.1. The number of likely N-dealkylation sites (tertiary alicyclic amines) is 2. The summed E-state index contributed by atoms with van der Waals surface area (Å²) in [6.45, 7) is 2.91. The molecule has 3 atom stereocenters. The van der Waals surface area contributed by atoms with Gasteiger partial charge in [0.05, 0.1) is 23.3 Å². The lowest BCUT2D eigenvalue weighted by Crippen LogP contribution is -2.67. The predicted octanol–water partition coefficient (Wildman–Crippen LogP) is 6.42. The minimum Gasteiger partial charge on any atom is -0.481 e. The molecular weight excluding hydrogens is 617 g/mol. The SMILES string of the molecule is O=C(Nc1ccc(CC(=O)C(OC2CCC(C(=O)O)CC2)(N2CCCC2)N2C[C@@H]3C[C@H]3C2)c(F)c1Cl)c1csc2ccccc12. The van der Waals surface area contributed by atoms with Gasteiger partial charge in [-0.1, -0.05) is 35.9 Å². The van der Waals surface area contributed by atoms with Gasteiger partial charge in [-0.3, -0.25) is 24.2 Å². The van der Waals surface area contributed by atoms with Crippen LogP contribution in [0.3, 0.4) is 0 Å². The number of amides is 1. The molecule has 7 rings (SSSR count). The van der Waals surface area contributed by atoms with E-state index < -0.39 is 23.6 Å². The molecule has 0 radical (unpaired) electrons. The number of carboxylic acids is 1. The third kappa shape index (κ3) is 5.80. The normalized spacial score (nSPS) is 26.4. The summed E-state index contributed by atoms with van der Waals surface area (Å²) >= 11 is 7.95. The molecule has 2 saturated heterocycles. The number of carbonyl (C=O) groups is 3. The van der Waals surface area contributed by atoms with Gasteiger partial charge in [0.15, 0.2) is 5.78 Å². The van der Waals surface area contributed by atoms with Gasteiger partial charge in [0.1, 0.15) is 10.8 Å². The van der Waals surface area contributed by atoms with Crippen LogP contribution in [-0.2, 0) is 20.7 Å². The highest BCUT2D eigenvalue weighted by atomic mass is 35.5. The van der Waals surface area contributed by atoms with Crippen LogP contribution in [0.15, 0.2) is 41.8 Å². The minimum absolute atomic E-state index is 0.141. The number of aliphatic carboxylic acids is 1. The molecule has 0 spiro atoms. The van der Waals surface area contributed by atoms with Gasteiger partial charge >= 0.3 is 5.97 Å². The Kier molecular flexibility index (Phi) is 8.45. The third-order valence-corrected chi connectivity index (χ3v) is 11.5. The quantitative estimate of drug-likeness (QED) is 0.261. The fraction of sp³-hybridized carbons (Fsp3) is 0.500. The number of nitrogens with zero attached hydrogens (tertiary/aromatic N) is 2. The number of benzene rings is 2. The zero-order chi connectivity index (χ0) is 31.3. The molecule has 2 saturated carbocycles. The number of carbonyl (C=O) groups excluding carboxylic acids is 2. The number of piperidine rings is 1. The Hall–Kier alpha value is -2.89. The molecular formula is C34H37ClFN3O5S. The number of hydrogen-bond acceptors (Lipinski definition) is 7. The molecule has 3 heterocycles. The summed E-state index contributed by atoms with van der Waals surface area (Å²) in [5.41, 5.74) is 0.776. The van der Waals surface area contributed by atoms with Crippen LogP contribution in [0.2, 0.25) is 5.02 Å². The first kappa shape index (κ1) is 30.7. The van der Waals surface area contributed by atoms with Crippen LogP contribution in [0.25, 0.3) is 10.1 Å². The zero-order valence-corrected chi connectivity index (χ0v) is 26.5. The predicted molar refractivity (Wildman–Crippen MR) is 171 cm³/mol. The van der Waals surface area contributed by atoms with Crippen LogP contribution in [0, 0.1) is 23.6 Å². The number of halogens is 2. The lowest BCUT2D eigenvalue weighted by atomic mass is 9.87. The van der Waals surface area contributed by atoms with E-state index in [2.05, 4.69) is 15.1 Å². The second-order valence-corrected chi connectivity index (χ2v) is 14.3. The number of ether oxygens (including phenoxy) is 1. The van der Waals surface area contributed by atoms with Crippen LogP contribution in [-0.4, -0.2) is 70.7 Å². The monoisotopic (exact) mass is 653 g/mol. The molecule has 45 heavy (non-hydrogen) atoms. The minimum atomic E-state index is -1.34. The van der Waals surface area contributed by atoms with Crippen molar-refractivity contribution in [1.82, 2.24) is 9.80 Å². The molecule has 0 bridgehead atoms. The van der Waals surface area contributed by atoms with E-state index in [9.17, 15) is 19.5 Å². The number of fused-ring (bicyclic) bond motifs is 2. The molecule has 1 aromatic heterocycles. The van der Waals surface area contributed by atoms with Gasteiger partial charge in [-0.25, -0.2) is 4.39 Å². The Balaban J connectivity index is 1.14. The van der Waals surface area contributed by atoms with E-state index >= 15 is 4.39 Å². The number of ketones is 1. The van der Waals surface area contributed by atoms with Crippen molar-refractivity contribution in [3.05, 3.63) is 63.7 Å². The molecule has 2 aliphatic heterocycles. The molecule has 11 heteroatoms. The van der Waals surface area contributed by atoms with Crippen molar-refractivity contribution in [3.63, 3.8) is 0 Å². The summed E-state index contributed by atoms with van der Waals surface area (Å²) in [6, 6.07) is 10.7. The highest BCUT2D eigenvalue weighted by Gasteiger charge is 2.59. The van der Waals surface area contributed by atoms with Gasteiger partial charge in [0.2, 0.25) is 5.85 Å². The number of anilines is 1. The van der Waals surface area contributed by atoms with E-state index in [1.807, 2.05) is 24.3 Å². The fourth-order valence-electron chi connectivity index (χ4n) is 7.55. The van der Waals surface area contributed by atoms with E-state index in [-0.39, 0.29) is 40.5 Å². The largest absolute Gasteiger partial charge is 0.481 e. The van der Waals surface area contributed by atoms with Crippen molar-refractivity contribution in [2.45, 2.75) is 63.3 Å². The second kappa shape index (κ2) is 12.4. The maximum atomic E-state index is 15.9. The Bertz CT molecular complexity index is 1620. The van der Waals surface area contributed by atoms with Crippen LogP contribution in [0.1, 0.15) is 60.9 Å². The van der Waals surface area contributed by atoms with Gasteiger partial charge in [-0.05, 0) is 74.5 Å². The number of rotatable bonds is 10. The van der Waals surface area contributed by atoms with Crippen LogP contribution >= 0.6 is 22.9 Å². The summed E-state index contributed by atoms with van der Waals surface area (Å²) in [4.78, 5) is 43.6. The molecule has 4 aliphatic rings. The van der Waals surface area contributed by atoms with Gasteiger partial charge in [0, 0.05) is 48.1 Å². The van der Waals surface area contributed by atoms with E-state index in [1.165, 1.54) is 17.4 Å². The molecule has 2 aliphatic carbocycles. The molecule has 238 valence electrons. The Morgan fingerprint density at radius 3 is 2.44 bits per heavy atom. The van der Waals surface area contributed by atoms with E-state index in [0.717, 1.165) is 42.4 Å². The van der Waals surface area contributed by atoms with Crippen molar-refractivity contribution >= 4 is 56.4 Å². The maximum absolute atomic E-state index is 15.9. The number of Topliss-reactive ketones (excluding diaryl/α,β-unsaturated/α-hetero) is 1. The van der Waals surface area contributed by atoms with Crippen molar-refractivity contribution in [3.8, 4) is 0 Å². The smallest absolute Gasteiger partial charge is 0.306 e. The first-order valence-corrected chi connectivity index (χ1v) is 17.2. The van der Waals surface area contributed by atoms with Crippen LogP contribution in [0.5, 0.6) is 0 Å². The first-order chi connectivity index (χ1) is 21.7. The molecule has 1 amide bonds. The van der Waals surface area contributed by atoms with Crippen molar-refractivity contribution in [2.24, 2.45) is 17.8 Å². The lowest BCUT2D eigenvalue weighted by Gasteiger charge is -2.49. The molecule has 2 aromatic carbocycles. The summed E-state index contributed by atoms with van der Waals surface area (Å²) in [5.74, 6) is -2.79. The van der Waals surface area contributed by atoms with Crippen molar-refractivity contribution < 1.29 is 28.6 Å². The molecule has 1 unspecified atom stereocenters. The number of hydrogen-bond donors (Lipinski definition) is 2. The summed E-state index contributed by atoms with van der Waals surface area (Å²) < 4.78 is 23.8. The highest BCUT2D eigenvalue weighted by molar-refractivity contribution is 7.17. The number of nitrogens with one attached hydrogen (secondary N) is 1. The number of thiophene rings is 1. The lowest BCUT2D eigenvalue weighted by molar-refractivity contribution is -0.254. The average Bonchev–Trinajstić information content (AvgIpc) is 3.45. The van der Waals surface area contributed by atoms with Gasteiger partial charge in [-0.2, -0.15) is 0 Å². The van der Waals surface area contributed by atoms with Crippen molar-refractivity contribution in [1.29, 1.82) is 0 Å². The van der Waals surface area contributed by atoms with Crippen LogP contribution < -0.4 is 5.32 Å².